The lowest BCUT2D eigenvalue weighted by Gasteiger charge is -2.26. The molecule has 0 radical (unpaired) electrons. The van der Waals surface area contributed by atoms with Crippen molar-refractivity contribution in [2.24, 2.45) is 0 Å². The van der Waals surface area contributed by atoms with Crippen molar-refractivity contribution in [3.05, 3.63) is 224 Å². The molecule has 9 aromatic carbocycles. The van der Waals surface area contributed by atoms with Crippen LogP contribution in [0.5, 0.6) is 0 Å². The van der Waals surface area contributed by atoms with Gasteiger partial charge in [-0.2, -0.15) is 0 Å². The first-order valence-electron chi connectivity index (χ1n) is 19.1. The summed E-state index contributed by atoms with van der Waals surface area (Å²) in [5.41, 5.74) is 14.5. The molecule has 0 unspecified atom stereocenters. The zero-order valence-corrected chi connectivity index (χ0v) is 30.7. The highest BCUT2D eigenvalue weighted by molar-refractivity contribution is 6.02. The highest BCUT2D eigenvalue weighted by Gasteiger charge is 2.20. The number of nitrogens with zero attached hydrogens (tertiary/aromatic N) is 1. The minimum atomic E-state index is 0.860. The molecule has 2 nitrogen and oxygen atoms in total. The number of hydrogen-bond donors (Lipinski definition) is 0. The molecule has 2 heteroatoms. The molecule has 0 atom stereocenters. The van der Waals surface area contributed by atoms with Crippen molar-refractivity contribution in [1.29, 1.82) is 0 Å². The van der Waals surface area contributed by atoms with Gasteiger partial charge in [-0.05, 0) is 92.2 Å². The number of rotatable bonds is 8. The summed E-state index contributed by atoms with van der Waals surface area (Å²) in [5, 5.41) is 3.59. The zero-order chi connectivity index (χ0) is 37.3. The Bertz CT molecular complexity index is 2940. The highest BCUT2D eigenvalue weighted by atomic mass is 16.3. The second-order valence-corrected chi connectivity index (χ2v) is 14.1. The van der Waals surface area contributed by atoms with Crippen molar-refractivity contribution in [3.63, 3.8) is 0 Å². The predicted octanol–water partition coefficient (Wildman–Crippen LogP) is 15.4. The molecular formula is C54H37NO. The van der Waals surface area contributed by atoms with Gasteiger partial charge in [0, 0.05) is 33.6 Å². The van der Waals surface area contributed by atoms with Crippen LogP contribution in [0.3, 0.4) is 0 Å². The summed E-state index contributed by atoms with van der Waals surface area (Å²) < 4.78 is 6.68. The van der Waals surface area contributed by atoms with E-state index in [1.165, 1.54) is 44.2 Å². The third kappa shape index (κ3) is 6.14. The van der Waals surface area contributed by atoms with Crippen LogP contribution in [-0.2, 0) is 0 Å². The van der Waals surface area contributed by atoms with Gasteiger partial charge in [-0.25, -0.2) is 0 Å². The second kappa shape index (κ2) is 14.4. The van der Waals surface area contributed by atoms with Gasteiger partial charge in [0.05, 0.1) is 0 Å². The Balaban J connectivity index is 1.10. The summed E-state index contributed by atoms with van der Waals surface area (Å²) in [6.45, 7) is 0. The van der Waals surface area contributed by atoms with Crippen LogP contribution in [-0.4, -0.2) is 0 Å². The molecule has 1 aromatic heterocycles. The molecule has 0 spiro atoms. The van der Waals surface area contributed by atoms with E-state index in [1.807, 2.05) is 6.07 Å². The van der Waals surface area contributed by atoms with Crippen LogP contribution >= 0.6 is 0 Å². The molecule has 0 saturated heterocycles. The van der Waals surface area contributed by atoms with Gasteiger partial charge >= 0.3 is 0 Å². The van der Waals surface area contributed by atoms with E-state index in [2.05, 4.69) is 223 Å². The van der Waals surface area contributed by atoms with Crippen molar-refractivity contribution >= 4 is 38.8 Å². The Kier molecular flexibility index (Phi) is 8.55. The number of anilines is 3. The van der Waals surface area contributed by atoms with Crippen LogP contribution in [0.25, 0.3) is 77.6 Å². The number of fused-ring (bicyclic) bond motifs is 2. The van der Waals surface area contributed by atoms with Crippen molar-refractivity contribution < 1.29 is 4.42 Å². The Hall–Kier alpha value is -7.42. The van der Waals surface area contributed by atoms with Crippen molar-refractivity contribution in [2.45, 2.75) is 0 Å². The molecule has 1 heterocycles. The fraction of sp³-hybridized carbons (Fsp3) is 0. The van der Waals surface area contributed by atoms with E-state index >= 15 is 0 Å². The maximum absolute atomic E-state index is 6.68. The molecule has 10 rings (SSSR count). The van der Waals surface area contributed by atoms with Crippen molar-refractivity contribution in [2.75, 3.05) is 4.90 Å². The highest BCUT2D eigenvalue weighted by Crippen LogP contribution is 2.44. The first-order valence-corrected chi connectivity index (χ1v) is 19.1. The Morgan fingerprint density at radius 2 is 0.786 bits per heavy atom. The summed E-state index contributed by atoms with van der Waals surface area (Å²) in [5.74, 6) is 0.860. The molecule has 0 aliphatic heterocycles. The van der Waals surface area contributed by atoms with Crippen LogP contribution < -0.4 is 4.90 Å². The summed E-state index contributed by atoms with van der Waals surface area (Å²) in [6.07, 6.45) is 0. The quantitative estimate of drug-likeness (QED) is 0.156. The third-order valence-electron chi connectivity index (χ3n) is 10.7. The summed E-state index contributed by atoms with van der Waals surface area (Å²) >= 11 is 0. The molecule has 0 N–H and O–H groups in total. The van der Waals surface area contributed by atoms with Gasteiger partial charge in [0.2, 0.25) is 0 Å². The number of benzene rings is 9. The van der Waals surface area contributed by atoms with E-state index in [1.54, 1.807) is 0 Å². The predicted molar refractivity (Wildman–Crippen MR) is 236 cm³/mol. The molecule has 0 saturated carbocycles. The smallest absolute Gasteiger partial charge is 0.143 e. The lowest BCUT2D eigenvalue weighted by Crippen LogP contribution is -2.10. The molecule has 0 fully saturated rings. The van der Waals surface area contributed by atoms with Gasteiger partial charge in [-0.3, -0.25) is 0 Å². The van der Waals surface area contributed by atoms with E-state index in [0.29, 0.717) is 0 Å². The van der Waals surface area contributed by atoms with E-state index in [4.69, 9.17) is 4.42 Å². The minimum Gasteiger partial charge on any atom is -0.455 e. The normalized spacial score (nSPS) is 11.2. The van der Waals surface area contributed by atoms with Crippen LogP contribution in [0.1, 0.15) is 0 Å². The lowest BCUT2D eigenvalue weighted by molar-refractivity contribution is 0.632. The van der Waals surface area contributed by atoms with Crippen molar-refractivity contribution in [3.8, 4) is 55.8 Å². The maximum atomic E-state index is 6.68. The monoisotopic (exact) mass is 715 g/mol. The van der Waals surface area contributed by atoms with Gasteiger partial charge < -0.3 is 9.32 Å². The molecule has 0 amide bonds. The molecule has 0 aliphatic rings. The molecule has 56 heavy (non-hydrogen) atoms. The third-order valence-corrected chi connectivity index (χ3v) is 10.7. The molecule has 264 valence electrons. The van der Waals surface area contributed by atoms with Gasteiger partial charge in [0.15, 0.2) is 0 Å². The van der Waals surface area contributed by atoms with Gasteiger partial charge in [0.1, 0.15) is 11.3 Å². The van der Waals surface area contributed by atoms with Crippen LogP contribution in [0, 0.1) is 0 Å². The average Bonchev–Trinajstić information content (AvgIpc) is 3.68. The van der Waals surface area contributed by atoms with E-state index in [9.17, 15) is 0 Å². The van der Waals surface area contributed by atoms with E-state index < -0.39 is 0 Å². The van der Waals surface area contributed by atoms with Gasteiger partial charge in [0.25, 0.3) is 0 Å². The average molecular weight is 716 g/mol. The Morgan fingerprint density at radius 3 is 1.48 bits per heavy atom. The van der Waals surface area contributed by atoms with Crippen molar-refractivity contribution in [1.82, 2.24) is 0 Å². The Labute approximate surface area is 327 Å². The molecular weight excluding hydrogens is 679 g/mol. The summed E-state index contributed by atoms with van der Waals surface area (Å²) in [6, 6.07) is 79.9. The zero-order valence-electron chi connectivity index (χ0n) is 30.7. The SMILES string of the molecule is c1ccc(-c2ccccc2-c2ccc(N(c3ccc(-c4cccc5ccccc45)cc3)c3cccc(-c4oc5ccccc5c4-c4ccccc4)c3)cc2)cc1. The topological polar surface area (TPSA) is 16.4 Å². The number of para-hydroxylation sites is 1. The molecule has 10 aromatic rings. The minimum absolute atomic E-state index is 0.860. The summed E-state index contributed by atoms with van der Waals surface area (Å²) in [4.78, 5) is 2.34. The maximum Gasteiger partial charge on any atom is 0.143 e. The van der Waals surface area contributed by atoms with E-state index in [0.717, 1.165) is 50.5 Å². The van der Waals surface area contributed by atoms with Gasteiger partial charge in [-0.15, -0.1) is 0 Å². The fourth-order valence-electron chi connectivity index (χ4n) is 8.04. The first kappa shape index (κ1) is 33.2. The van der Waals surface area contributed by atoms with Crippen LogP contribution in [0.4, 0.5) is 17.1 Å². The largest absolute Gasteiger partial charge is 0.455 e. The number of hydrogen-bond acceptors (Lipinski definition) is 2. The van der Waals surface area contributed by atoms with E-state index in [-0.39, 0.29) is 0 Å². The fourth-order valence-corrected chi connectivity index (χ4v) is 8.04. The van der Waals surface area contributed by atoms with Gasteiger partial charge in [-0.1, -0.05) is 182 Å². The van der Waals surface area contributed by atoms with Crippen LogP contribution in [0.2, 0.25) is 0 Å². The summed E-state index contributed by atoms with van der Waals surface area (Å²) in [7, 11) is 0. The van der Waals surface area contributed by atoms with Crippen LogP contribution in [0.15, 0.2) is 229 Å². The second-order valence-electron chi connectivity index (χ2n) is 14.1. The standard InChI is InChI=1S/C54H37NO/c1-3-15-38(16-4-1)47-24-9-10-25-49(47)40-29-33-44(34-30-40)55(45-35-31-41(32-36-45)50-27-14-20-39-17-7-8-23-48(39)50)46-22-13-21-43(37-46)54-53(42-18-5-2-6-19-42)51-26-11-12-28-52(51)56-54/h1-37H. The molecule has 0 aliphatic carbocycles. The number of furan rings is 1. The Morgan fingerprint density at radius 1 is 0.304 bits per heavy atom. The lowest BCUT2D eigenvalue weighted by atomic mass is 9.94. The molecule has 0 bridgehead atoms. The first-order chi connectivity index (χ1) is 27.8.